The molecule has 0 aliphatic rings. The third-order valence-corrected chi connectivity index (χ3v) is 3.01. The van der Waals surface area contributed by atoms with Gasteiger partial charge in [-0.2, -0.15) is 0 Å². The van der Waals surface area contributed by atoms with E-state index in [4.69, 9.17) is 0 Å². The third kappa shape index (κ3) is 2.88. The number of nitrogens with one attached hydrogen (secondary N) is 1. The molecule has 2 aromatic carbocycles. The highest BCUT2D eigenvalue weighted by atomic mass is 14.9. The topological polar surface area (TPSA) is 12.0 Å². The van der Waals surface area contributed by atoms with Gasteiger partial charge in [-0.25, -0.2) is 0 Å². The van der Waals surface area contributed by atoms with Gasteiger partial charge in [0, 0.05) is 11.4 Å². The van der Waals surface area contributed by atoms with Crippen LogP contribution < -0.4 is 5.32 Å². The van der Waals surface area contributed by atoms with Crippen LogP contribution in [0.4, 0.5) is 11.4 Å². The first kappa shape index (κ1) is 11.7. The van der Waals surface area contributed by atoms with Crippen molar-refractivity contribution in [2.75, 3.05) is 5.32 Å². The average Bonchev–Trinajstić information content (AvgIpc) is 2.39. The van der Waals surface area contributed by atoms with Gasteiger partial charge < -0.3 is 5.32 Å². The molecule has 0 bridgehead atoms. The fourth-order valence-corrected chi connectivity index (χ4v) is 1.98. The summed E-state index contributed by atoms with van der Waals surface area (Å²) in [5, 5.41) is 3.50. The van der Waals surface area contributed by atoms with E-state index in [-0.39, 0.29) is 0 Å². The van der Waals surface area contributed by atoms with E-state index in [1.807, 2.05) is 0 Å². The molecule has 0 aliphatic carbocycles. The highest BCUT2D eigenvalue weighted by Crippen LogP contribution is 2.22. The van der Waals surface area contributed by atoms with E-state index in [1.54, 1.807) is 0 Å². The molecule has 0 spiro atoms. The molecule has 0 amide bonds. The molecule has 0 aliphatic heterocycles. The lowest BCUT2D eigenvalue weighted by molar-refractivity contribution is 1.13. The maximum Gasteiger partial charge on any atom is 0.0416 e. The second-order valence-electron chi connectivity index (χ2n) is 4.19. The van der Waals surface area contributed by atoms with E-state index < -0.39 is 0 Å². The zero-order valence-electron chi connectivity index (χ0n) is 10.5. The maximum absolute atomic E-state index is 3.50. The lowest BCUT2D eigenvalue weighted by Crippen LogP contribution is -1.95. The molecule has 1 N–H and O–H groups in total. The van der Waals surface area contributed by atoms with Crippen LogP contribution in [0.3, 0.4) is 0 Å². The number of para-hydroxylation sites is 1. The molecule has 1 heteroatoms. The van der Waals surface area contributed by atoms with Crippen LogP contribution in [0, 0.1) is 0 Å². The number of hydrogen-bond donors (Lipinski definition) is 1. The van der Waals surface area contributed by atoms with E-state index in [0.717, 1.165) is 12.8 Å². The normalized spacial score (nSPS) is 10.2. The molecule has 2 aromatic rings. The van der Waals surface area contributed by atoms with Gasteiger partial charge in [0.15, 0.2) is 0 Å². The predicted octanol–water partition coefficient (Wildman–Crippen LogP) is 4.56. The van der Waals surface area contributed by atoms with Gasteiger partial charge in [0.2, 0.25) is 0 Å². The summed E-state index contributed by atoms with van der Waals surface area (Å²) in [7, 11) is 0. The van der Waals surface area contributed by atoms with E-state index in [9.17, 15) is 0 Å². The zero-order chi connectivity index (χ0) is 12.1. The Morgan fingerprint density at radius 2 is 1.71 bits per heavy atom. The van der Waals surface area contributed by atoms with Crippen LogP contribution in [-0.4, -0.2) is 0 Å². The summed E-state index contributed by atoms with van der Waals surface area (Å²) in [6, 6.07) is 17.1. The molecule has 0 unspecified atom stereocenters. The largest absolute Gasteiger partial charge is 0.355 e. The van der Waals surface area contributed by atoms with E-state index >= 15 is 0 Å². The van der Waals surface area contributed by atoms with Gasteiger partial charge in [0.05, 0.1) is 0 Å². The number of aryl methyl sites for hydroxylation is 2. The summed E-state index contributed by atoms with van der Waals surface area (Å²) in [5.74, 6) is 0. The quantitative estimate of drug-likeness (QED) is 0.804. The smallest absolute Gasteiger partial charge is 0.0416 e. The molecule has 0 fully saturated rings. The fourth-order valence-electron chi connectivity index (χ4n) is 1.98. The lowest BCUT2D eigenvalue weighted by Gasteiger charge is -2.11. The molecule has 2 rings (SSSR count). The van der Waals surface area contributed by atoms with Crippen molar-refractivity contribution in [2.24, 2.45) is 0 Å². The van der Waals surface area contributed by atoms with Crippen molar-refractivity contribution in [3.63, 3.8) is 0 Å². The van der Waals surface area contributed by atoms with Crippen molar-refractivity contribution in [3.05, 3.63) is 59.7 Å². The molecule has 17 heavy (non-hydrogen) atoms. The molecule has 0 saturated carbocycles. The van der Waals surface area contributed by atoms with Gasteiger partial charge in [0.25, 0.3) is 0 Å². The number of benzene rings is 2. The van der Waals surface area contributed by atoms with Crippen molar-refractivity contribution >= 4 is 11.4 Å². The summed E-state index contributed by atoms with van der Waals surface area (Å²) < 4.78 is 0. The third-order valence-electron chi connectivity index (χ3n) is 3.01. The van der Waals surface area contributed by atoms with Crippen molar-refractivity contribution in [1.29, 1.82) is 0 Å². The van der Waals surface area contributed by atoms with Crippen molar-refractivity contribution in [3.8, 4) is 0 Å². The number of rotatable bonds is 4. The van der Waals surface area contributed by atoms with Gasteiger partial charge in [-0.1, -0.05) is 44.2 Å². The SMILES string of the molecule is CCc1cccc(Nc2ccccc2CC)c1. The predicted molar refractivity (Wildman–Crippen MR) is 74.9 cm³/mol. The van der Waals surface area contributed by atoms with Crippen LogP contribution in [-0.2, 0) is 12.8 Å². The van der Waals surface area contributed by atoms with Crippen molar-refractivity contribution in [2.45, 2.75) is 26.7 Å². The monoisotopic (exact) mass is 225 g/mol. The molecule has 88 valence electrons. The minimum Gasteiger partial charge on any atom is -0.355 e. The van der Waals surface area contributed by atoms with Crippen LogP contribution >= 0.6 is 0 Å². The Hall–Kier alpha value is -1.76. The number of hydrogen-bond acceptors (Lipinski definition) is 1. The summed E-state index contributed by atoms with van der Waals surface area (Å²) in [6.45, 7) is 4.36. The molecule has 0 heterocycles. The van der Waals surface area contributed by atoms with Crippen LogP contribution in [0.25, 0.3) is 0 Å². The van der Waals surface area contributed by atoms with E-state index in [0.29, 0.717) is 0 Å². The first-order valence-corrected chi connectivity index (χ1v) is 6.27. The lowest BCUT2D eigenvalue weighted by atomic mass is 10.1. The Bertz CT molecular complexity index is 488. The second kappa shape index (κ2) is 5.53. The minimum absolute atomic E-state index is 1.05. The summed E-state index contributed by atoms with van der Waals surface area (Å²) >= 11 is 0. The Kier molecular flexibility index (Phi) is 3.81. The Morgan fingerprint density at radius 1 is 0.882 bits per heavy atom. The van der Waals surface area contributed by atoms with Gasteiger partial charge in [-0.3, -0.25) is 0 Å². The second-order valence-corrected chi connectivity index (χ2v) is 4.19. The standard InChI is InChI=1S/C16H19N/c1-3-13-8-7-10-15(12-13)17-16-11-6-5-9-14(16)4-2/h5-12,17H,3-4H2,1-2H3. The molecule has 0 radical (unpaired) electrons. The molecule has 0 saturated heterocycles. The number of anilines is 2. The van der Waals surface area contributed by atoms with E-state index in [1.165, 1.54) is 22.5 Å². The van der Waals surface area contributed by atoms with Crippen LogP contribution in [0.2, 0.25) is 0 Å². The summed E-state index contributed by atoms with van der Waals surface area (Å²) in [5.41, 5.74) is 5.10. The van der Waals surface area contributed by atoms with Crippen LogP contribution in [0.15, 0.2) is 48.5 Å². The summed E-state index contributed by atoms with van der Waals surface area (Å²) in [6.07, 6.45) is 2.13. The summed E-state index contributed by atoms with van der Waals surface area (Å²) in [4.78, 5) is 0. The van der Waals surface area contributed by atoms with Crippen LogP contribution in [0.1, 0.15) is 25.0 Å². The molecular formula is C16H19N. The highest BCUT2D eigenvalue weighted by molar-refractivity contribution is 5.63. The van der Waals surface area contributed by atoms with Gasteiger partial charge in [-0.15, -0.1) is 0 Å². The highest BCUT2D eigenvalue weighted by Gasteiger charge is 2.00. The first-order valence-electron chi connectivity index (χ1n) is 6.27. The molecule has 0 atom stereocenters. The minimum atomic E-state index is 1.05. The Morgan fingerprint density at radius 3 is 2.47 bits per heavy atom. The molecule has 0 aromatic heterocycles. The van der Waals surface area contributed by atoms with Crippen molar-refractivity contribution in [1.82, 2.24) is 0 Å². The Labute approximate surface area is 103 Å². The zero-order valence-corrected chi connectivity index (χ0v) is 10.5. The fraction of sp³-hybridized carbons (Fsp3) is 0.250. The first-order chi connectivity index (χ1) is 8.33. The molecule has 1 nitrogen and oxygen atoms in total. The average molecular weight is 225 g/mol. The van der Waals surface area contributed by atoms with Crippen LogP contribution in [0.5, 0.6) is 0 Å². The van der Waals surface area contributed by atoms with Gasteiger partial charge >= 0.3 is 0 Å². The Balaban J connectivity index is 2.24. The van der Waals surface area contributed by atoms with Crippen molar-refractivity contribution < 1.29 is 0 Å². The van der Waals surface area contributed by atoms with E-state index in [2.05, 4.69) is 67.7 Å². The van der Waals surface area contributed by atoms with Gasteiger partial charge in [0.1, 0.15) is 0 Å². The molecular weight excluding hydrogens is 206 g/mol. The maximum atomic E-state index is 3.50. The van der Waals surface area contributed by atoms with Gasteiger partial charge in [-0.05, 0) is 42.2 Å².